The molecule has 3 heteroatoms. The standard InChI is InChI=1S/C10H22O3/c1-2-3-4-6-9(12)10(13)7-5-8-11/h9-13H,2-8H2,1H3/t9-,10-/m1/s1. The normalized spacial score (nSPS) is 15.7. The Morgan fingerprint density at radius 3 is 1.92 bits per heavy atom. The van der Waals surface area contributed by atoms with Crippen LogP contribution < -0.4 is 0 Å². The van der Waals surface area contributed by atoms with Crippen LogP contribution in [0.15, 0.2) is 0 Å². The number of hydrogen-bond acceptors (Lipinski definition) is 3. The van der Waals surface area contributed by atoms with Gasteiger partial charge in [0.15, 0.2) is 0 Å². The minimum atomic E-state index is -0.663. The highest BCUT2D eigenvalue weighted by Crippen LogP contribution is 2.10. The Balaban J connectivity index is 3.38. The Kier molecular flexibility index (Phi) is 8.40. The minimum absolute atomic E-state index is 0.0821. The summed E-state index contributed by atoms with van der Waals surface area (Å²) in [6.07, 6.45) is 3.63. The molecular formula is C10H22O3. The molecule has 0 spiro atoms. The molecule has 0 saturated heterocycles. The van der Waals surface area contributed by atoms with Crippen molar-refractivity contribution in [1.29, 1.82) is 0 Å². The molecule has 0 saturated carbocycles. The molecule has 0 heterocycles. The van der Waals surface area contributed by atoms with Crippen LogP contribution in [0.25, 0.3) is 0 Å². The Bertz CT molecular complexity index is 106. The Morgan fingerprint density at radius 1 is 0.923 bits per heavy atom. The van der Waals surface area contributed by atoms with E-state index in [1.807, 2.05) is 0 Å². The molecule has 0 radical (unpaired) electrons. The topological polar surface area (TPSA) is 60.7 Å². The third-order valence-corrected chi connectivity index (χ3v) is 2.21. The van der Waals surface area contributed by atoms with E-state index >= 15 is 0 Å². The molecule has 0 aliphatic carbocycles. The first-order valence-corrected chi connectivity index (χ1v) is 5.19. The maximum absolute atomic E-state index is 9.44. The molecule has 13 heavy (non-hydrogen) atoms. The number of rotatable bonds is 8. The van der Waals surface area contributed by atoms with Crippen LogP contribution in [0.3, 0.4) is 0 Å². The average molecular weight is 190 g/mol. The van der Waals surface area contributed by atoms with Gasteiger partial charge in [0.05, 0.1) is 12.2 Å². The average Bonchev–Trinajstić information content (AvgIpc) is 2.14. The highest BCUT2D eigenvalue weighted by Gasteiger charge is 2.14. The summed E-state index contributed by atoms with van der Waals surface area (Å²) < 4.78 is 0. The first kappa shape index (κ1) is 12.9. The van der Waals surface area contributed by atoms with Gasteiger partial charge < -0.3 is 15.3 Å². The van der Waals surface area contributed by atoms with Gasteiger partial charge in [-0.1, -0.05) is 26.2 Å². The number of hydrogen-bond donors (Lipinski definition) is 3. The zero-order chi connectivity index (χ0) is 10.1. The van der Waals surface area contributed by atoms with Gasteiger partial charge in [-0.25, -0.2) is 0 Å². The Labute approximate surface area is 80.4 Å². The Hall–Kier alpha value is -0.120. The molecule has 0 aromatic heterocycles. The van der Waals surface area contributed by atoms with Crippen molar-refractivity contribution in [2.45, 2.75) is 57.7 Å². The van der Waals surface area contributed by atoms with Crippen molar-refractivity contribution in [3.05, 3.63) is 0 Å². The second-order valence-corrected chi connectivity index (χ2v) is 3.50. The third-order valence-electron chi connectivity index (χ3n) is 2.21. The number of aliphatic hydroxyl groups is 3. The SMILES string of the molecule is CCCCC[C@@H](O)[C@H](O)CCCO. The predicted molar refractivity (Wildman–Crippen MR) is 52.5 cm³/mol. The van der Waals surface area contributed by atoms with E-state index in [0.29, 0.717) is 19.3 Å². The van der Waals surface area contributed by atoms with Crippen molar-refractivity contribution >= 4 is 0 Å². The molecule has 0 rings (SSSR count). The summed E-state index contributed by atoms with van der Waals surface area (Å²) in [5, 5.41) is 27.3. The second-order valence-electron chi connectivity index (χ2n) is 3.50. The van der Waals surface area contributed by atoms with Crippen LogP contribution in [-0.4, -0.2) is 34.1 Å². The zero-order valence-electron chi connectivity index (χ0n) is 8.45. The molecule has 0 aromatic rings. The summed E-state index contributed by atoms with van der Waals surface area (Å²) in [6.45, 7) is 2.19. The molecule has 0 unspecified atom stereocenters. The monoisotopic (exact) mass is 190 g/mol. The summed E-state index contributed by atoms with van der Waals surface area (Å²) in [6, 6.07) is 0. The van der Waals surface area contributed by atoms with E-state index in [4.69, 9.17) is 5.11 Å². The van der Waals surface area contributed by atoms with Crippen molar-refractivity contribution in [1.82, 2.24) is 0 Å². The van der Waals surface area contributed by atoms with Crippen LogP contribution in [0.1, 0.15) is 45.4 Å². The minimum Gasteiger partial charge on any atom is -0.396 e. The molecule has 0 aliphatic heterocycles. The fraction of sp³-hybridized carbons (Fsp3) is 1.00. The number of unbranched alkanes of at least 4 members (excludes halogenated alkanes) is 2. The van der Waals surface area contributed by atoms with E-state index < -0.39 is 12.2 Å². The lowest BCUT2D eigenvalue weighted by atomic mass is 10.0. The fourth-order valence-corrected chi connectivity index (χ4v) is 1.29. The smallest absolute Gasteiger partial charge is 0.0800 e. The van der Waals surface area contributed by atoms with E-state index in [1.54, 1.807) is 0 Å². The molecule has 0 amide bonds. The summed E-state index contributed by atoms with van der Waals surface area (Å²) >= 11 is 0. The van der Waals surface area contributed by atoms with Gasteiger partial charge in [-0.2, -0.15) is 0 Å². The van der Waals surface area contributed by atoms with Crippen LogP contribution in [0.2, 0.25) is 0 Å². The van der Waals surface area contributed by atoms with Crippen LogP contribution in [0, 0.1) is 0 Å². The van der Waals surface area contributed by atoms with E-state index in [0.717, 1.165) is 19.3 Å². The summed E-state index contributed by atoms with van der Waals surface area (Å²) in [5.74, 6) is 0. The van der Waals surface area contributed by atoms with Gasteiger partial charge in [0.25, 0.3) is 0 Å². The van der Waals surface area contributed by atoms with Crippen molar-refractivity contribution in [3.8, 4) is 0 Å². The molecular weight excluding hydrogens is 168 g/mol. The molecule has 3 nitrogen and oxygen atoms in total. The van der Waals surface area contributed by atoms with E-state index in [2.05, 4.69) is 6.92 Å². The van der Waals surface area contributed by atoms with Crippen LogP contribution in [0.4, 0.5) is 0 Å². The van der Waals surface area contributed by atoms with E-state index in [1.165, 1.54) is 0 Å². The van der Waals surface area contributed by atoms with Crippen molar-refractivity contribution in [2.24, 2.45) is 0 Å². The van der Waals surface area contributed by atoms with Crippen molar-refractivity contribution in [2.75, 3.05) is 6.61 Å². The molecule has 80 valence electrons. The summed E-state index contributed by atoms with van der Waals surface area (Å²) in [5.41, 5.74) is 0. The molecule has 0 bridgehead atoms. The van der Waals surface area contributed by atoms with Crippen molar-refractivity contribution < 1.29 is 15.3 Å². The lowest BCUT2D eigenvalue weighted by molar-refractivity contribution is 0.00529. The Morgan fingerprint density at radius 2 is 1.46 bits per heavy atom. The van der Waals surface area contributed by atoms with Gasteiger partial charge in [-0.05, 0) is 19.3 Å². The maximum Gasteiger partial charge on any atom is 0.0800 e. The summed E-state index contributed by atoms with van der Waals surface area (Å²) in [4.78, 5) is 0. The predicted octanol–water partition coefficient (Wildman–Crippen LogP) is 1.06. The third kappa shape index (κ3) is 6.99. The lowest BCUT2D eigenvalue weighted by Gasteiger charge is -2.16. The quantitative estimate of drug-likeness (QED) is 0.502. The highest BCUT2D eigenvalue weighted by molar-refractivity contribution is 4.66. The van der Waals surface area contributed by atoms with Gasteiger partial charge in [0.1, 0.15) is 0 Å². The first-order valence-electron chi connectivity index (χ1n) is 5.19. The lowest BCUT2D eigenvalue weighted by Crippen LogP contribution is -2.25. The largest absolute Gasteiger partial charge is 0.396 e. The van der Waals surface area contributed by atoms with Crippen LogP contribution in [0.5, 0.6) is 0 Å². The van der Waals surface area contributed by atoms with Crippen LogP contribution >= 0.6 is 0 Å². The molecule has 0 aliphatic rings. The van der Waals surface area contributed by atoms with E-state index in [9.17, 15) is 10.2 Å². The van der Waals surface area contributed by atoms with Gasteiger partial charge in [-0.3, -0.25) is 0 Å². The molecule has 0 aromatic carbocycles. The summed E-state index contributed by atoms with van der Waals surface area (Å²) in [7, 11) is 0. The first-order chi connectivity index (χ1) is 6.22. The number of aliphatic hydroxyl groups excluding tert-OH is 3. The highest BCUT2D eigenvalue weighted by atomic mass is 16.3. The zero-order valence-corrected chi connectivity index (χ0v) is 8.45. The van der Waals surface area contributed by atoms with E-state index in [-0.39, 0.29) is 6.61 Å². The van der Waals surface area contributed by atoms with Gasteiger partial charge in [-0.15, -0.1) is 0 Å². The molecule has 3 N–H and O–H groups in total. The molecule has 0 fully saturated rings. The van der Waals surface area contributed by atoms with Gasteiger partial charge >= 0.3 is 0 Å². The maximum atomic E-state index is 9.44. The second kappa shape index (κ2) is 8.48. The van der Waals surface area contributed by atoms with Gasteiger partial charge in [0.2, 0.25) is 0 Å². The van der Waals surface area contributed by atoms with Crippen molar-refractivity contribution in [3.63, 3.8) is 0 Å². The van der Waals surface area contributed by atoms with Gasteiger partial charge in [0, 0.05) is 6.61 Å². The molecule has 2 atom stereocenters. The van der Waals surface area contributed by atoms with Crippen LogP contribution in [-0.2, 0) is 0 Å². The fourth-order valence-electron chi connectivity index (χ4n) is 1.29.